The minimum absolute atomic E-state index is 0.343. The molecular formula is C15H10F5N3O2. The highest BCUT2D eigenvalue weighted by molar-refractivity contribution is 5.96. The van der Waals surface area contributed by atoms with Crippen LogP contribution in [0.3, 0.4) is 0 Å². The molecule has 0 aliphatic rings. The lowest BCUT2D eigenvalue weighted by atomic mass is 10.2. The average Bonchev–Trinajstić information content (AvgIpc) is 2.56. The standard InChI is InChI=1S/C15H10F5N3O2/c16-8-3-7(4-9(17)5-8)15(25)21-6-12(24)23-22-11-2-1-10(18)13(19)14(11)20/h1-5,22H,6H2,(H,21,25)(H,23,24). The maximum absolute atomic E-state index is 13.4. The topological polar surface area (TPSA) is 70.2 Å². The van der Waals surface area contributed by atoms with Crippen LogP contribution >= 0.6 is 0 Å². The largest absolute Gasteiger partial charge is 0.343 e. The second-order valence-electron chi connectivity index (χ2n) is 4.74. The highest BCUT2D eigenvalue weighted by Crippen LogP contribution is 2.18. The first-order chi connectivity index (χ1) is 11.8. The molecule has 2 rings (SSSR count). The molecule has 132 valence electrons. The van der Waals surface area contributed by atoms with Crippen molar-refractivity contribution in [1.82, 2.24) is 10.7 Å². The van der Waals surface area contributed by atoms with Crippen molar-refractivity contribution in [3.8, 4) is 0 Å². The molecule has 5 nitrogen and oxygen atoms in total. The van der Waals surface area contributed by atoms with Crippen molar-refractivity contribution in [2.75, 3.05) is 12.0 Å². The Hall–Kier alpha value is -3.17. The van der Waals surface area contributed by atoms with Gasteiger partial charge in [0.25, 0.3) is 11.8 Å². The average molecular weight is 359 g/mol. The second-order valence-corrected chi connectivity index (χ2v) is 4.74. The maximum Gasteiger partial charge on any atom is 0.257 e. The van der Waals surface area contributed by atoms with Crippen molar-refractivity contribution in [3.05, 3.63) is 65.0 Å². The molecule has 3 N–H and O–H groups in total. The van der Waals surface area contributed by atoms with Crippen molar-refractivity contribution in [2.45, 2.75) is 0 Å². The molecule has 25 heavy (non-hydrogen) atoms. The Bertz CT molecular complexity index is 809. The Balaban J connectivity index is 1.88. The number of halogens is 5. The van der Waals surface area contributed by atoms with Crippen LogP contribution in [-0.4, -0.2) is 18.4 Å². The van der Waals surface area contributed by atoms with E-state index in [0.717, 1.165) is 18.2 Å². The van der Waals surface area contributed by atoms with Crippen LogP contribution in [0.4, 0.5) is 27.6 Å². The van der Waals surface area contributed by atoms with Crippen molar-refractivity contribution >= 4 is 17.5 Å². The predicted octanol–water partition coefficient (Wildman–Crippen LogP) is 2.26. The molecule has 0 atom stereocenters. The smallest absolute Gasteiger partial charge is 0.257 e. The van der Waals surface area contributed by atoms with E-state index in [4.69, 9.17) is 0 Å². The minimum atomic E-state index is -1.72. The number of benzene rings is 2. The molecular weight excluding hydrogens is 349 g/mol. The van der Waals surface area contributed by atoms with Crippen LogP contribution in [0.5, 0.6) is 0 Å². The third kappa shape index (κ3) is 4.66. The zero-order valence-corrected chi connectivity index (χ0v) is 12.3. The molecule has 0 heterocycles. The first-order valence-electron chi connectivity index (χ1n) is 6.70. The Labute approximate surface area is 137 Å². The summed E-state index contributed by atoms with van der Waals surface area (Å²) in [5.74, 6) is -8.40. The van der Waals surface area contributed by atoms with Crippen molar-refractivity contribution in [1.29, 1.82) is 0 Å². The van der Waals surface area contributed by atoms with E-state index in [1.807, 2.05) is 10.9 Å². The summed E-state index contributed by atoms with van der Waals surface area (Å²) in [5.41, 5.74) is 3.07. The summed E-state index contributed by atoms with van der Waals surface area (Å²) >= 11 is 0. The number of nitrogens with one attached hydrogen (secondary N) is 3. The summed E-state index contributed by atoms with van der Waals surface area (Å²) in [7, 11) is 0. The molecule has 2 aromatic carbocycles. The molecule has 0 aromatic heterocycles. The van der Waals surface area contributed by atoms with E-state index < -0.39 is 53.1 Å². The van der Waals surface area contributed by atoms with Crippen LogP contribution in [0.25, 0.3) is 0 Å². The molecule has 0 saturated carbocycles. The van der Waals surface area contributed by atoms with Crippen molar-refractivity contribution < 1.29 is 31.5 Å². The van der Waals surface area contributed by atoms with Gasteiger partial charge in [-0.1, -0.05) is 0 Å². The number of hydrazine groups is 1. The number of amides is 2. The van der Waals surface area contributed by atoms with E-state index >= 15 is 0 Å². The first kappa shape index (κ1) is 18.2. The van der Waals surface area contributed by atoms with Gasteiger partial charge in [-0.15, -0.1) is 0 Å². The molecule has 0 aliphatic heterocycles. The summed E-state index contributed by atoms with van der Waals surface area (Å²) in [6.07, 6.45) is 0. The number of hydrogen-bond acceptors (Lipinski definition) is 3. The summed E-state index contributed by atoms with van der Waals surface area (Å²) in [6.45, 7) is -0.630. The number of rotatable bonds is 5. The molecule has 0 aliphatic carbocycles. The third-order valence-electron chi connectivity index (χ3n) is 2.91. The van der Waals surface area contributed by atoms with Crippen LogP contribution < -0.4 is 16.2 Å². The molecule has 0 radical (unpaired) electrons. The summed E-state index contributed by atoms with van der Waals surface area (Å²) in [5, 5.41) is 2.07. The van der Waals surface area contributed by atoms with Gasteiger partial charge in [-0.05, 0) is 24.3 Å². The van der Waals surface area contributed by atoms with Gasteiger partial charge in [-0.3, -0.25) is 20.4 Å². The Morgan fingerprint density at radius 2 is 1.52 bits per heavy atom. The van der Waals surface area contributed by atoms with Gasteiger partial charge in [0.05, 0.1) is 12.2 Å². The van der Waals surface area contributed by atoms with Crippen LogP contribution in [-0.2, 0) is 4.79 Å². The zero-order valence-electron chi connectivity index (χ0n) is 12.3. The van der Waals surface area contributed by atoms with Gasteiger partial charge in [0, 0.05) is 11.6 Å². The van der Waals surface area contributed by atoms with Gasteiger partial charge < -0.3 is 5.32 Å². The Kier molecular flexibility index (Phi) is 5.52. The highest BCUT2D eigenvalue weighted by atomic mass is 19.2. The first-order valence-corrected chi connectivity index (χ1v) is 6.70. The van der Waals surface area contributed by atoms with Crippen molar-refractivity contribution in [3.63, 3.8) is 0 Å². The monoisotopic (exact) mass is 359 g/mol. The zero-order chi connectivity index (χ0) is 18.6. The number of hydrogen-bond donors (Lipinski definition) is 3. The Morgan fingerprint density at radius 1 is 0.880 bits per heavy atom. The van der Waals surface area contributed by atoms with Gasteiger partial charge in [0.15, 0.2) is 17.5 Å². The molecule has 0 saturated heterocycles. The lowest BCUT2D eigenvalue weighted by Crippen LogP contribution is -2.39. The van der Waals surface area contributed by atoms with Crippen LogP contribution in [0.1, 0.15) is 10.4 Å². The van der Waals surface area contributed by atoms with E-state index in [-0.39, 0.29) is 5.56 Å². The number of carbonyl (C=O) groups is 2. The summed E-state index contributed by atoms with van der Waals surface area (Å²) < 4.78 is 65.1. The van der Waals surface area contributed by atoms with Gasteiger partial charge in [0.2, 0.25) is 0 Å². The van der Waals surface area contributed by atoms with E-state index in [0.29, 0.717) is 12.1 Å². The fourth-order valence-corrected chi connectivity index (χ4v) is 1.75. The molecule has 10 heteroatoms. The van der Waals surface area contributed by atoms with E-state index in [1.165, 1.54) is 0 Å². The predicted molar refractivity (Wildman–Crippen MR) is 76.8 cm³/mol. The molecule has 0 bridgehead atoms. The normalized spacial score (nSPS) is 10.3. The van der Waals surface area contributed by atoms with Crippen LogP contribution in [0.15, 0.2) is 30.3 Å². The van der Waals surface area contributed by atoms with Gasteiger partial charge in [0.1, 0.15) is 11.6 Å². The molecule has 2 aromatic rings. The quantitative estimate of drug-likeness (QED) is 0.436. The second kappa shape index (κ2) is 7.60. The minimum Gasteiger partial charge on any atom is -0.343 e. The van der Waals surface area contributed by atoms with Crippen molar-refractivity contribution in [2.24, 2.45) is 0 Å². The number of anilines is 1. The molecule has 2 amide bonds. The lowest BCUT2D eigenvalue weighted by Gasteiger charge is -2.10. The van der Waals surface area contributed by atoms with E-state index in [1.54, 1.807) is 0 Å². The van der Waals surface area contributed by atoms with E-state index in [9.17, 15) is 31.5 Å². The molecule has 0 spiro atoms. The number of carbonyl (C=O) groups excluding carboxylic acids is 2. The Morgan fingerprint density at radius 3 is 2.16 bits per heavy atom. The summed E-state index contributed by atoms with van der Waals surface area (Å²) in [4.78, 5) is 23.2. The van der Waals surface area contributed by atoms with E-state index in [2.05, 4.69) is 5.32 Å². The maximum atomic E-state index is 13.4. The fourth-order valence-electron chi connectivity index (χ4n) is 1.75. The van der Waals surface area contributed by atoms with Crippen LogP contribution in [0, 0.1) is 29.1 Å². The van der Waals surface area contributed by atoms with Gasteiger partial charge >= 0.3 is 0 Å². The third-order valence-corrected chi connectivity index (χ3v) is 2.91. The molecule has 0 unspecified atom stereocenters. The van der Waals surface area contributed by atoms with Gasteiger partial charge in [-0.25, -0.2) is 22.0 Å². The lowest BCUT2D eigenvalue weighted by molar-refractivity contribution is -0.119. The summed E-state index contributed by atoms with van der Waals surface area (Å²) in [6, 6.07) is 3.61. The van der Waals surface area contributed by atoms with Gasteiger partial charge in [-0.2, -0.15) is 0 Å². The molecule has 0 fully saturated rings. The fraction of sp³-hybridized carbons (Fsp3) is 0.0667. The highest BCUT2D eigenvalue weighted by Gasteiger charge is 2.14. The van der Waals surface area contributed by atoms with Crippen LogP contribution in [0.2, 0.25) is 0 Å². The SMILES string of the molecule is O=C(CNC(=O)c1cc(F)cc(F)c1)NNc1ccc(F)c(F)c1F.